The Kier molecular flexibility index (Phi) is 8.97. The van der Waals surface area contributed by atoms with Crippen molar-refractivity contribution in [2.45, 2.75) is 90.6 Å². The molecule has 1 aromatic rings. The van der Waals surface area contributed by atoms with Gasteiger partial charge in [-0.1, -0.05) is 30.3 Å². The highest BCUT2D eigenvalue weighted by molar-refractivity contribution is 5.68. The summed E-state index contributed by atoms with van der Waals surface area (Å²) in [5.41, 5.74) is 0.623. The predicted octanol–water partition coefficient (Wildman–Crippen LogP) is 5.57. The van der Waals surface area contributed by atoms with E-state index in [0.29, 0.717) is 19.7 Å². The van der Waals surface area contributed by atoms with Gasteiger partial charge < -0.3 is 19.1 Å². The number of rotatable bonds is 9. The van der Waals surface area contributed by atoms with Crippen LogP contribution in [-0.2, 0) is 20.8 Å². The van der Waals surface area contributed by atoms with E-state index in [0.717, 1.165) is 38.7 Å². The second kappa shape index (κ2) is 11.0. The van der Waals surface area contributed by atoms with Crippen molar-refractivity contribution >= 4 is 6.09 Å². The van der Waals surface area contributed by atoms with Gasteiger partial charge in [0, 0.05) is 19.7 Å². The van der Waals surface area contributed by atoms with Gasteiger partial charge in [0.1, 0.15) is 5.60 Å². The van der Waals surface area contributed by atoms with Crippen LogP contribution in [0, 0.1) is 0 Å². The van der Waals surface area contributed by atoms with Crippen LogP contribution in [0.15, 0.2) is 30.3 Å². The molecule has 1 aromatic carbocycles. The molecule has 5 heteroatoms. The van der Waals surface area contributed by atoms with Gasteiger partial charge in [-0.2, -0.15) is 0 Å². The fourth-order valence-corrected chi connectivity index (χ4v) is 3.38. The van der Waals surface area contributed by atoms with Crippen LogP contribution in [-0.4, -0.2) is 48.0 Å². The highest BCUT2D eigenvalue weighted by Crippen LogP contribution is 2.27. The number of likely N-dealkylation sites (tertiary alicyclic amines) is 1. The largest absolute Gasteiger partial charge is 0.444 e. The van der Waals surface area contributed by atoms with Crippen molar-refractivity contribution in [3.05, 3.63) is 35.9 Å². The van der Waals surface area contributed by atoms with Crippen molar-refractivity contribution in [2.75, 3.05) is 19.7 Å². The van der Waals surface area contributed by atoms with Crippen molar-refractivity contribution in [3.8, 4) is 0 Å². The number of benzene rings is 1. The van der Waals surface area contributed by atoms with Gasteiger partial charge in [0.05, 0.1) is 18.3 Å². The van der Waals surface area contributed by atoms with Gasteiger partial charge >= 0.3 is 6.09 Å². The van der Waals surface area contributed by atoms with E-state index in [1.807, 2.05) is 39.0 Å². The number of hydrogen-bond acceptors (Lipinski definition) is 4. The van der Waals surface area contributed by atoms with Crippen molar-refractivity contribution < 1.29 is 19.0 Å². The molecule has 0 bridgehead atoms. The topological polar surface area (TPSA) is 48.0 Å². The highest BCUT2D eigenvalue weighted by Gasteiger charge is 2.34. The molecule has 0 spiro atoms. The predicted molar refractivity (Wildman–Crippen MR) is 116 cm³/mol. The summed E-state index contributed by atoms with van der Waals surface area (Å²) in [4.78, 5) is 14.0. The lowest BCUT2D eigenvalue weighted by molar-refractivity contribution is -0.0739. The molecular formula is C24H39NO4. The van der Waals surface area contributed by atoms with Gasteiger partial charge in [0.15, 0.2) is 0 Å². The molecule has 1 aliphatic heterocycles. The third-order valence-corrected chi connectivity index (χ3v) is 5.31. The molecule has 1 aliphatic rings. The molecule has 1 atom stereocenters. The van der Waals surface area contributed by atoms with Crippen LogP contribution in [0.25, 0.3) is 0 Å². The minimum Gasteiger partial charge on any atom is -0.444 e. The molecular weight excluding hydrogens is 366 g/mol. The zero-order chi connectivity index (χ0) is 21.3. The van der Waals surface area contributed by atoms with Gasteiger partial charge in [-0.05, 0) is 72.3 Å². The SMILES string of the molecule is CC(CCCCOC1(C)CCN(C(=O)OC(C)(C)C)CC1)OCc1ccccc1. The number of unbranched alkanes of at least 4 members (excludes halogenated alkanes) is 1. The molecule has 0 aliphatic carbocycles. The number of nitrogens with zero attached hydrogens (tertiary/aromatic N) is 1. The first-order valence-corrected chi connectivity index (χ1v) is 10.9. The third kappa shape index (κ3) is 9.18. The van der Waals surface area contributed by atoms with Crippen LogP contribution in [0.4, 0.5) is 4.79 Å². The van der Waals surface area contributed by atoms with Gasteiger partial charge in [0.2, 0.25) is 0 Å². The van der Waals surface area contributed by atoms with Crippen LogP contribution in [0.2, 0.25) is 0 Å². The summed E-state index contributed by atoms with van der Waals surface area (Å²) in [7, 11) is 0. The Morgan fingerprint density at radius 1 is 1.14 bits per heavy atom. The summed E-state index contributed by atoms with van der Waals surface area (Å²) < 4.78 is 17.6. The van der Waals surface area contributed by atoms with Gasteiger partial charge in [-0.3, -0.25) is 0 Å². The average Bonchev–Trinajstić information content (AvgIpc) is 2.66. The smallest absolute Gasteiger partial charge is 0.410 e. The molecule has 0 aromatic heterocycles. The summed E-state index contributed by atoms with van der Waals surface area (Å²) >= 11 is 0. The number of carbonyl (C=O) groups is 1. The number of piperidine rings is 1. The molecule has 1 heterocycles. The Hall–Kier alpha value is -1.59. The van der Waals surface area contributed by atoms with E-state index in [-0.39, 0.29) is 17.8 Å². The zero-order valence-electron chi connectivity index (χ0n) is 18.9. The van der Waals surface area contributed by atoms with E-state index in [4.69, 9.17) is 14.2 Å². The molecule has 0 N–H and O–H groups in total. The molecule has 1 fully saturated rings. The first-order valence-electron chi connectivity index (χ1n) is 10.9. The maximum absolute atomic E-state index is 12.2. The van der Waals surface area contributed by atoms with Gasteiger partial charge in [-0.15, -0.1) is 0 Å². The Morgan fingerprint density at radius 2 is 1.79 bits per heavy atom. The first kappa shape index (κ1) is 23.7. The van der Waals surface area contributed by atoms with Crippen LogP contribution in [0.1, 0.15) is 72.3 Å². The maximum atomic E-state index is 12.2. The summed E-state index contributed by atoms with van der Waals surface area (Å²) in [6, 6.07) is 10.3. The van der Waals surface area contributed by atoms with Crippen molar-refractivity contribution in [1.29, 1.82) is 0 Å². The minimum atomic E-state index is -0.448. The number of hydrogen-bond donors (Lipinski definition) is 0. The number of carbonyl (C=O) groups excluding carboxylic acids is 1. The lowest BCUT2D eigenvalue weighted by Gasteiger charge is -2.39. The standard InChI is InChI=1S/C24H39NO4/c1-20(27-19-21-12-7-6-8-13-21)11-9-10-18-28-24(5)14-16-25(17-15-24)22(26)29-23(2,3)4/h6-8,12-13,20H,9-11,14-19H2,1-5H3. The molecule has 2 rings (SSSR count). The fourth-order valence-electron chi connectivity index (χ4n) is 3.38. The van der Waals surface area contributed by atoms with E-state index in [2.05, 4.69) is 26.0 Å². The summed E-state index contributed by atoms with van der Waals surface area (Å²) in [5, 5.41) is 0. The average molecular weight is 406 g/mol. The van der Waals surface area contributed by atoms with Gasteiger partial charge in [-0.25, -0.2) is 4.79 Å². The summed E-state index contributed by atoms with van der Waals surface area (Å²) in [6.07, 6.45) is 4.90. The van der Waals surface area contributed by atoms with Crippen molar-refractivity contribution in [2.24, 2.45) is 0 Å². The quantitative estimate of drug-likeness (QED) is 0.504. The first-order chi connectivity index (χ1) is 13.7. The molecule has 164 valence electrons. The summed E-state index contributed by atoms with van der Waals surface area (Å²) in [6.45, 7) is 12.8. The van der Waals surface area contributed by atoms with Gasteiger partial charge in [0.25, 0.3) is 0 Å². The van der Waals surface area contributed by atoms with E-state index >= 15 is 0 Å². The van der Waals surface area contributed by atoms with E-state index in [1.165, 1.54) is 5.56 Å². The number of amides is 1. The lowest BCUT2D eigenvalue weighted by atomic mass is 9.93. The van der Waals surface area contributed by atoms with Crippen LogP contribution < -0.4 is 0 Å². The fraction of sp³-hybridized carbons (Fsp3) is 0.708. The summed E-state index contributed by atoms with van der Waals surface area (Å²) in [5.74, 6) is 0. The normalized spacial score (nSPS) is 17.8. The van der Waals surface area contributed by atoms with E-state index in [1.54, 1.807) is 4.90 Å². The number of ether oxygens (including phenoxy) is 3. The molecule has 0 radical (unpaired) electrons. The Balaban J connectivity index is 1.56. The second-order valence-electron chi connectivity index (χ2n) is 9.37. The van der Waals surface area contributed by atoms with Crippen LogP contribution in [0.5, 0.6) is 0 Å². The zero-order valence-corrected chi connectivity index (χ0v) is 18.9. The molecule has 1 saturated heterocycles. The Labute approximate surface area is 176 Å². The van der Waals surface area contributed by atoms with Crippen LogP contribution in [0.3, 0.4) is 0 Å². The Morgan fingerprint density at radius 3 is 2.41 bits per heavy atom. The van der Waals surface area contributed by atoms with E-state index in [9.17, 15) is 4.79 Å². The molecule has 29 heavy (non-hydrogen) atoms. The van der Waals surface area contributed by atoms with Crippen molar-refractivity contribution in [3.63, 3.8) is 0 Å². The molecule has 1 amide bonds. The minimum absolute atomic E-state index is 0.145. The van der Waals surface area contributed by atoms with E-state index < -0.39 is 5.60 Å². The van der Waals surface area contributed by atoms with Crippen molar-refractivity contribution in [1.82, 2.24) is 4.90 Å². The highest BCUT2D eigenvalue weighted by atomic mass is 16.6. The molecule has 0 saturated carbocycles. The lowest BCUT2D eigenvalue weighted by Crippen LogP contribution is -2.48. The molecule has 1 unspecified atom stereocenters. The Bertz CT molecular complexity index is 603. The second-order valence-corrected chi connectivity index (χ2v) is 9.37. The molecule has 5 nitrogen and oxygen atoms in total. The monoisotopic (exact) mass is 405 g/mol. The van der Waals surface area contributed by atoms with Crippen LogP contribution >= 0.6 is 0 Å². The third-order valence-electron chi connectivity index (χ3n) is 5.31. The maximum Gasteiger partial charge on any atom is 0.410 e.